The van der Waals surface area contributed by atoms with Crippen LogP contribution < -0.4 is 14.8 Å². The molecule has 1 aliphatic heterocycles. The molecule has 0 saturated carbocycles. The third-order valence-corrected chi connectivity index (χ3v) is 6.34. The predicted octanol–water partition coefficient (Wildman–Crippen LogP) is 5.47. The number of nitrogens with one attached hydrogen (secondary N) is 1. The Morgan fingerprint density at radius 2 is 1.94 bits per heavy atom. The second-order valence-electron chi connectivity index (χ2n) is 8.63. The lowest BCUT2D eigenvalue weighted by Gasteiger charge is -2.29. The summed E-state index contributed by atoms with van der Waals surface area (Å²) in [7, 11) is 3.56. The molecular weight excluding hydrogens is 452 g/mol. The van der Waals surface area contributed by atoms with Gasteiger partial charge >= 0.3 is 0 Å². The fourth-order valence-corrected chi connectivity index (χ4v) is 4.60. The summed E-state index contributed by atoms with van der Waals surface area (Å²) in [5, 5.41) is 3.06. The highest BCUT2D eigenvalue weighted by Gasteiger charge is 2.25. The van der Waals surface area contributed by atoms with E-state index in [0.717, 1.165) is 72.1 Å². The van der Waals surface area contributed by atoms with Gasteiger partial charge in [-0.15, -0.1) is 0 Å². The first-order valence-electron chi connectivity index (χ1n) is 12.4. The molecule has 0 aliphatic carbocycles. The Kier molecular flexibility index (Phi) is 8.44. The highest BCUT2D eigenvalue weighted by molar-refractivity contribution is 5.78. The molecule has 1 fully saturated rings. The monoisotopic (exact) mass is 486 g/mol. The number of methoxy groups -OCH3 is 1. The number of benzene rings is 2. The number of amides is 1. The number of para-hydroxylation sites is 2. The Balaban J connectivity index is 0.000000233. The van der Waals surface area contributed by atoms with E-state index < -0.39 is 0 Å². The molecule has 188 valence electrons. The Bertz CT molecular complexity index is 1290. The first-order chi connectivity index (χ1) is 17.7. The minimum atomic E-state index is 0.258. The Morgan fingerprint density at radius 3 is 2.72 bits per heavy atom. The van der Waals surface area contributed by atoms with Crippen molar-refractivity contribution in [2.75, 3.05) is 39.2 Å². The number of rotatable bonds is 7. The maximum atomic E-state index is 11.2. The van der Waals surface area contributed by atoms with E-state index in [9.17, 15) is 4.79 Å². The van der Waals surface area contributed by atoms with E-state index in [-0.39, 0.29) is 5.92 Å². The second kappa shape index (κ2) is 12.1. The third-order valence-electron chi connectivity index (χ3n) is 6.34. The molecule has 2 aromatic carbocycles. The van der Waals surface area contributed by atoms with Gasteiger partial charge in [-0.1, -0.05) is 30.3 Å². The standard InChI is InChI=1S/C20H21N3O2.C9H13NO/c1-25-17-8-4-6-15(12-17)19-18-9-2-3-11-23(18)20(21-19)16-7-5-10-22(13-16)14-24;1-3-11-9-7-5-4-6-8(9)10-2/h2-4,6,8-9,11-12,14,16H,5,7,10,13H2,1H3;4-7,10H,3H2,1-2H3. The van der Waals surface area contributed by atoms with E-state index in [0.29, 0.717) is 6.61 Å². The van der Waals surface area contributed by atoms with E-state index in [4.69, 9.17) is 14.5 Å². The van der Waals surface area contributed by atoms with E-state index in [1.807, 2.05) is 73.5 Å². The van der Waals surface area contributed by atoms with Crippen molar-refractivity contribution < 1.29 is 14.3 Å². The first kappa shape index (κ1) is 25.1. The lowest BCUT2D eigenvalue weighted by atomic mass is 9.97. The number of hydrogen-bond acceptors (Lipinski definition) is 5. The summed E-state index contributed by atoms with van der Waals surface area (Å²) in [5.74, 6) is 3.02. The van der Waals surface area contributed by atoms with E-state index in [2.05, 4.69) is 28.0 Å². The van der Waals surface area contributed by atoms with Crippen LogP contribution in [0.5, 0.6) is 11.5 Å². The largest absolute Gasteiger partial charge is 0.497 e. The lowest BCUT2D eigenvalue weighted by molar-refractivity contribution is -0.119. The van der Waals surface area contributed by atoms with Crippen molar-refractivity contribution in [1.29, 1.82) is 0 Å². The van der Waals surface area contributed by atoms with E-state index in [1.165, 1.54) is 0 Å². The first-order valence-corrected chi connectivity index (χ1v) is 12.4. The molecule has 1 N–H and O–H groups in total. The number of fused-ring (bicyclic) bond motifs is 1. The molecule has 36 heavy (non-hydrogen) atoms. The van der Waals surface area contributed by atoms with Crippen LogP contribution >= 0.6 is 0 Å². The number of piperidine rings is 1. The van der Waals surface area contributed by atoms with Crippen molar-refractivity contribution >= 4 is 17.6 Å². The molecule has 1 atom stereocenters. The minimum Gasteiger partial charge on any atom is -0.497 e. The van der Waals surface area contributed by atoms with Crippen molar-refractivity contribution in [3.05, 3.63) is 78.8 Å². The van der Waals surface area contributed by atoms with Crippen molar-refractivity contribution in [2.45, 2.75) is 25.7 Å². The normalized spacial score (nSPS) is 15.1. The molecule has 1 amide bonds. The van der Waals surface area contributed by atoms with Gasteiger partial charge in [0.25, 0.3) is 0 Å². The Hall–Kier alpha value is -4.00. The van der Waals surface area contributed by atoms with Gasteiger partial charge in [0.05, 0.1) is 30.6 Å². The average Bonchev–Trinajstić information content (AvgIpc) is 3.34. The average molecular weight is 487 g/mol. The molecular formula is C29H34N4O3. The smallest absolute Gasteiger partial charge is 0.209 e. The summed E-state index contributed by atoms with van der Waals surface area (Å²) in [5.41, 5.74) is 4.11. The second-order valence-corrected chi connectivity index (χ2v) is 8.63. The molecule has 3 heterocycles. The zero-order valence-electron chi connectivity index (χ0n) is 21.2. The summed E-state index contributed by atoms with van der Waals surface area (Å²) in [6, 6.07) is 22.0. The fraction of sp³-hybridized carbons (Fsp3) is 0.310. The number of likely N-dealkylation sites (tertiary alicyclic amines) is 1. The summed E-state index contributed by atoms with van der Waals surface area (Å²) >= 11 is 0. The van der Waals surface area contributed by atoms with Gasteiger partial charge in [-0.3, -0.25) is 4.79 Å². The number of anilines is 1. The lowest BCUT2D eigenvalue weighted by Crippen LogP contribution is -2.33. The molecule has 1 aliphatic rings. The molecule has 2 aromatic heterocycles. The van der Waals surface area contributed by atoms with Gasteiger partial charge in [0.2, 0.25) is 6.41 Å². The van der Waals surface area contributed by atoms with Crippen molar-refractivity contribution in [2.24, 2.45) is 0 Å². The van der Waals surface area contributed by atoms with Crippen LogP contribution in [0.2, 0.25) is 0 Å². The van der Waals surface area contributed by atoms with Crippen molar-refractivity contribution in [1.82, 2.24) is 14.3 Å². The predicted molar refractivity (Wildman–Crippen MR) is 144 cm³/mol. The highest BCUT2D eigenvalue weighted by Crippen LogP contribution is 2.33. The number of carbonyl (C=O) groups excluding carboxylic acids is 1. The maximum absolute atomic E-state index is 11.2. The molecule has 7 nitrogen and oxygen atoms in total. The number of pyridine rings is 1. The maximum Gasteiger partial charge on any atom is 0.209 e. The Morgan fingerprint density at radius 1 is 1.11 bits per heavy atom. The zero-order chi connectivity index (χ0) is 25.3. The number of carbonyl (C=O) groups is 1. The van der Waals surface area contributed by atoms with Crippen LogP contribution in [0.15, 0.2) is 72.9 Å². The summed E-state index contributed by atoms with van der Waals surface area (Å²) in [4.78, 5) is 18.0. The van der Waals surface area contributed by atoms with Gasteiger partial charge in [0, 0.05) is 37.8 Å². The van der Waals surface area contributed by atoms with Gasteiger partial charge in [0.15, 0.2) is 0 Å². The van der Waals surface area contributed by atoms with Gasteiger partial charge in [-0.05, 0) is 56.2 Å². The van der Waals surface area contributed by atoms with Crippen LogP contribution in [0.1, 0.15) is 31.5 Å². The minimum absolute atomic E-state index is 0.258. The van der Waals surface area contributed by atoms with Crippen LogP contribution in [0, 0.1) is 0 Å². The van der Waals surface area contributed by atoms with Gasteiger partial charge in [-0.2, -0.15) is 0 Å². The number of aromatic nitrogens is 2. The molecule has 7 heteroatoms. The number of ether oxygens (including phenoxy) is 2. The zero-order valence-corrected chi connectivity index (χ0v) is 21.2. The number of nitrogens with zero attached hydrogens (tertiary/aromatic N) is 3. The van der Waals surface area contributed by atoms with Crippen LogP contribution in [-0.2, 0) is 4.79 Å². The van der Waals surface area contributed by atoms with Crippen LogP contribution in [0.4, 0.5) is 5.69 Å². The summed E-state index contributed by atoms with van der Waals surface area (Å²) < 4.78 is 12.9. The topological polar surface area (TPSA) is 68.1 Å². The number of imidazole rings is 1. The van der Waals surface area contributed by atoms with Gasteiger partial charge < -0.3 is 24.1 Å². The third kappa shape index (κ3) is 5.62. The highest BCUT2D eigenvalue weighted by atomic mass is 16.5. The quantitative estimate of drug-likeness (QED) is 0.351. The van der Waals surface area contributed by atoms with E-state index in [1.54, 1.807) is 7.11 Å². The summed E-state index contributed by atoms with van der Waals surface area (Å²) in [6.07, 6.45) is 5.07. The molecule has 5 rings (SSSR count). The SMILES string of the molecule is CCOc1ccccc1NC.COc1cccc(-c2nc(C3CCCN(C=O)C3)n3ccccc23)c1. The molecule has 0 bridgehead atoms. The molecule has 1 unspecified atom stereocenters. The molecule has 0 spiro atoms. The van der Waals surface area contributed by atoms with Gasteiger partial charge in [-0.25, -0.2) is 4.98 Å². The fourth-order valence-electron chi connectivity index (χ4n) is 4.60. The summed E-state index contributed by atoms with van der Waals surface area (Å²) in [6.45, 7) is 4.26. The Labute approximate surface area is 212 Å². The van der Waals surface area contributed by atoms with E-state index >= 15 is 0 Å². The number of hydrogen-bond donors (Lipinski definition) is 1. The molecule has 1 saturated heterocycles. The van der Waals surface area contributed by atoms with Crippen LogP contribution in [-0.4, -0.2) is 54.5 Å². The molecule has 0 radical (unpaired) electrons. The van der Waals surface area contributed by atoms with Gasteiger partial charge in [0.1, 0.15) is 17.3 Å². The molecule has 4 aromatic rings. The van der Waals surface area contributed by atoms with Crippen LogP contribution in [0.25, 0.3) is 16.8 Å². The van der Waals surface area contributed by atoms with Crippen LogP contribution in [0.3, 0.4) is 0 Å². The van der Waals surface area contributed by atoms with Crippen molar-refractivity contribution in [3.8, 4) is 22.8 Å². The van der Waals surface area contributed by atoms with Crippen molar-refractivity contribution in [3.63, 3.8) is 0 Å².